The third kappa shape index (κ3) is 5.28. The Labute approximate surface area is 121 Å². The molecule has 3 N–H and O–H groups in total. The van der Waals surface area contributed by atoms with Gasteiger partial charge in [-0.3, -0.25) is 9.69 Å². The summed E-state index contributed by atoms with van der Waals surface area (Å²) in [5.41, 5.74) is 6.31. The molecule has 0 heterocycles. The van der Waals surface area contributed by atoms with Gasteiger partial charge in [0, 0.05) is 11.0 Å². The lowest BCUT2D eigenvalue weighted by Gasteiger charge is -2.25. The van der Waals surface area contributed by atoms with Crippen LogP contribution in [0.4, 0.5) is 0 Å². The Morgan fingerprint density at radius 1 is 1.53 bits per heavy atom. The summed E-state index contributed by atoms with van der Waals surface area (Å²) >= 11 is 3.38. The van der Waals surface area contributed by atoms with E-state index >= 15 is 0 Å². The Balaban J connectivity index is 2.69. The highest BCUT2D eigenvalue weighted by molar-refractivity contribution is 9.10. The van der Waals surface area contributed by atoms with E-state index in [9.17, 15) is 4.79 Å². The fourth-order valence-electron chi connectivity index (χ4n) is 1.82. The summed E-state index contributed by atoms with van der Waals surface area (Å²) in [6.45, 7) is 1.29. The Morgan fingerprint density at radius 3 is 2.84 bits per heavy atom. The lowest BCUT2D eigenvalue weighted by Crippen LogP contribution is -2.37. The van der Waals surface area contributed by atoms with E-state index < -0.39 is 11.9 Å². The van der Waals surface area contributed by atoms with Crippen molar-refractivity contribution in [3.05, 3.63) is 34.3 Å². The topological polar surface area (TPSA) is 75.8 Å². The van der Waals surface area contributed by atoms with Gasteiger partial charge in [0.25, 0.3) is 0 Å². The minimum atomic E-state index is -0.491. The van der Waals surface area contributed by atoms with Crippen molar-refractivity contribution in [1.82, 2.24) is 4.90 Å². The molecule has 0 aromatic heterocycles. The highest BCUT2D eigenvalue weighted by Gasteiger charge is 2.22. The maximum Gasteiger partial charge on any atom is 0.239 e. The first-order chi connectivity index (χ1) is 9.06. The molecule has 1 amide bonds. The fourth-order valence-corrected chi connectivity index (χ4v) is 2.23. The summed E-state index contributed by atoms with van der Waals surface area (Å²) < 4.78 is 6.09. The van der Waals surface area contributed by atoms with Gasteiger partial charge in [0.05, 0.1) is 19.8 Å². The second-order valence-corrected chi connectivity index (χ2v) is 5.09. The van der Waals surface area contributed by atoms with Crippen LogP contribution >= 0.6 is 15.9 Å². The molecule has 1 atom stereocenters. The second kappa shape index (κ2) is 8.27. The number of benzene rings is 1. The average molecular weight is 331 g/mol. The molecule has 0 aliphatic heterocycles. The molecule has 1 rings (SSSR count). The minimum Gasteiger partial charge on any atom is -0.394 e. The molecule has 1 unspecified atom stereocenters. The summed E-state index contributed by atoms with van der Waals surface area (Å²) in [5.74, 6) is -0.400. The fraction of sp³-hybridized carbons (Fsp3) is 0.462. The number of ether oxygens (including phenoxy) is 1. The molecule has 0 saturated carbocycles. The molecule has 0 spiro atoms. The average Bonchev–Trinajstić information content (AvgIpc) is 2.34. The molecule has 0 aliphatic carbocycles. The molecule has 0 radical (unpaired) electrons. The molecule has 5 nitrogen and oxygen atoms in total. The number of aliphatic hydroxyl groups is 1. The van der Waals surface area contributed by atoms with Crippen LogP contribution in [0.5, 0.6) is 0 Å². The van der Waals surface area contributed by atoms with Crippen molar-refractivity contribution >= 4 is 21.8 Å². The molecule has 1 aromatic rings. The van der Waals surface area contributed by atoms with Gasteiger partial charge in [-0.25, -0.2) is 0 Å². The van der Waals surface area contributed by atoms with Crippen molar-refractivity contribution < 1.29 is 14.6 Å². The first-order valence-electron chi connectivity index (χ1n) is 6.00. The van der Waals surface area contributed by atoms with E-state index in [0.717, 1.165) is 10.0 Å². The summed E-state index contributed by atoms with van der Waals surface area (Å²) in [6, 6.07) is 7.01. The SMILES string of the molecule is CN(CCOCCO)C(C(N)=O)c1cccc(Br)c1. The number of hydrogen-bond donors (Lipinski definition) is 2. The van der Waals surface area contributed by atoms with Crippen molar-refractivity contribution in [2.24, 2.45) is 5.73 Å². The van der Waals surface area contributed by atoms with Gasteiger partial charge >= 0.3 is 0 Å². The molecule has 19 heavy (non-hydrogen) atoms. The van der Waals surface area contributed by atoms with Crippen LogP contribution in [-0.4, -0.2) is 49.3 Å². The van der Waals surface area contributed by atoms with E-state index in [2.05, 4.69) is 15.9 Å². The minimum absolute atomic E-state index is 0.00536. The van der Waals surface area contributed by atoms with Crippen molar-refractivity contribution in [2.75, 3.05) is 33.4 Å². The number of aliphatic hydroxyl groups excluding tert-OH is 1. The van der Waals surface area contributed by atoms with Crippen molar-refractivity contribution in [1.29, 1.82) is 0 Å². The normalized spacial score (nSPS) is 12.6. The van der Waals surface area contributed by atoms with Crippen LogP contribution in [0.15, 0.2) is 28.7 Å². The van der Waals surface area contributed by atoms with Gasteiger partial charge in [-0.1, -0.05) is 28.1 Å². The van der Waals surface area contributed by atoms with E-state index in [1.54, 1.807) is 0 Å². The van der Waals surface area contributed by atoms with E-state index in [1.807, 2.05) is 36.2 Å². The van der Waals surface area contributed by atoms with Crippen LogP contribution in [0, 0.1) is 0 Å². The monoisotopic (exact) mass is 330 g/mol. The van der Waals surface area contributed by atoms with Gasteiger partial charge in [-0.05, 0) is 24.7 Å². The maximum atomic E-state index is 11.6. The standard InChI is InChI=1S/C13H19BrN2O3/c1-16(5-7-19-8-6-17)12(13(15)18)10-3-2-4-11(14)9-10/h2-4,9,12,17H,5-8H2,1H3,(H2,15,18). The number of hydrogen-bond acceptors (Lipinski definition) is 4. The zero-order valence-corrected chi connectivity index (χ0v) is 12.5. The predicted molar refractivity (Wildman–Crippen MR) is 76.6 cm³/mol. The third-order valence-corrected chi connectivity index (χ3v) is 3.19. The van der Waals surface area contributed by atoms with E-state index in [0.29, 0.717) is 19.8 Å². The largest absolute Gasteiger partial charge is 0.394 e. The van der Waals surface area contributed by atoms with Crippen molar-refractivity contribution in [3.8, 4) is 0 Å². The van der Waals surface area contributed by atoms with Crippen molar-refractivity contribution in [2.45, 2.75) is 6.04 Å². The van der Waals surface area contributed by atoms with Crippen LogP contribution in [0.2, 0.25) is 0 Å². The lowest BCUT2D eigenvalue weighted by molar-refractivity contribution is -0.123. The van der Waals surface area contributed by atoms with E-state index in [4.69, 9.17) is 15.6 Å². The smallest absolute Gasteiger partial charge is 0.239 e. The second-order valence-electron chi connectivity index (χ2n) is 4.18. The molecule has 0 bridgehead atoms. The van der Waals surface area contributed by atoms with E-state index in [1.165, 1.54) is 0 Å². The first kappa shape index (κ1) is 16.1. The number of halogens is 1. The number of nitrogens with two attached hydrogens (primary N) is 1. The number of rotatable bonds is 8. The summed E-state index contributed by atoms with van der Waals surface area (Å²) in [7, 11) is 1.82. The maximum absolute atomic E-state index is 11.6. The number of likely N-dealkylation sites (N-methyl/N-ethyl adjacent to an activating group) is 1. The predicted octanol–water partition coefficient (Wildman–Crippen LogP) is 0.916. The highest BCUT2D eigenvalue weighted by Crippen LogP contribution is 2.22. The molecule has 1 aromatic carbocycles. The number of nitrogens with zero attached hydrogens (tertiary/aromatic N) is 1. The van der Waals surface area contributed by atoms with Crippen molar-refractivity contribution in [3.63, 3.8) is 0 Å². The summed E-state index contributed by atoms with van der Waals surface area (Å²) in [5, 5.41) is 8.62. The molecular weight excluding hydrogens is 312 g/mol. The van der Waals surface area contributed by atoms with Crippen LogP contribution in [0.25, 0.3) is 0 Å². The number of amides is 1. The van der Waals surface area contributed by atoms with Gasteiger partial charge < -0.3 is 15.6 Å². The summed E-state index contributed by atoms with van der Waals surface area (Å²) in [6.07, 6.45) is 0. The van der Waals surface area contributed by atoms with Crippen LogP contribution in [0.3, 0.4) is 0 Å². The van der Waals surface area contributed by atoms with Gasteiger partial charge in [-0.15, -0.1) is 0 Å². The molecular formula is C13H19BrN2O3. The zero-order valence-electron chi connectivity index (χ0n) is 10.9. The molecule has 106 valence electrons. The Bertz CT molecular complexity index is 415. The Hall–Kier alpha value is -0.950. The van der Waals surface area contributed by atoms with Crippen LogP contribution < -0.4 is 5.73 Å². The third-order valence-electron chi connectivity index (χ3n) is 2.70. The lowest BCUT2D eigenvalue weighted by atomic mass is 10.1. The molecule has 6 heteroatoms. The van der Waals surface area contributed by atoms with Gasteiger partial charge in [0.15, 0.2) is 0 Å². The molecule has 0 aliphatic rings. The zero-order chi connectivity index (χ0) is 14.3. The van der Waals surface area contributed by atoms with E-state index in [-0.39, 0.29) is 6.61 Å². The van der Waals surface area contributed by atoms with Gasteiger partial charge in [0.2, 0.25) is 5.91 Å². The molecule has 0 fully saturated rings. The number of carbonyl (C=O) groups excluding carboxylic acids is 1. The number of primary amides is 1. The quantitative estimate of drug-likeness (QED) is 0.695. The number of carbonyl (C=O) groups is 1. The Morgan fingerprint density at radius 2 is 2.26 bits per heavy atom. The van der Waals surface area contributed by atoms with Gasteiger partial charge in [-0.2, -0.15) is 0 Å². The summed E-state index contributed by atoms with van der Waals surface area (Å²) in [4.78, 5) is 13.5. The van der Waals surface area contributed by atoms with Gasteiger partial charge in [0.1, 0.15) is 6.04 Å². The Kier molecular flexibility index (Phi) is 7.01. The van der Waals surface area contributed by atoms with Crippen LogP contribution in [0.1, 0.15) is 11.6 Å². The first-order valence-corrected chi connectivity index (χ1v) is 6.79. The van der Waals surface area contributed by atoms with Crippen LogP contribution in [-0.2, 0) is 9.53 Å². The molecule has 0 saturated heterocycles. The highest BCUT2D eigenvalue weighted by atomic mass is 79.9.